The lowest BCUT2D eigenvalue weighted by Crippen LogP contribution is -2.34. The van der Waals surface area contributed by atoms with Gasteiger partial charge in [0.1, 0.15) is 0 Å². The predicted molar refractivity (Wildman–Crippen MR) is 68.8 cm³/mol. The van der Waals surface area contributed by atoms with E-state index in [1.165, 1.54) is 6.07 Å². The summed E-state index contributed by atoms with van der Waals surface area (Å²) in [5.74, 6) is -2.90. The average Bonchev–Trinajstić information content (AvgIpc) is 2.46. The number of aromatic carboxylic acids is 1. The van der Waals surface area contributed by atoms with Crippen LogP contribution < -0.4 is 0 Å². The van der Waals surface area contributed by atoms with Crippen LogP contribution in [0.2, 0.25) is 0 Å². The van der Waals surface area contributed by atoms with E-state index in [0.29, 0.717) is 0 Å². The third kappa shape index (κ3) is 3.52. The summed E-state index contributed by atoms with van der Waals surface area (Å²) in [7, 11) is 2.21. The maximum Gasteiger partial charge on any atom is 0.336 e. The Morgan fingerprint density at radius 3 is 2.14 bits per heavy atom. The molecule has 1 aromatic rings. The van der Waals surface area contributed by atoms with Crippen LogP contribution in [0.5, 0.6) is 0 Å². The molecule has 3 N–H and O–H groups in total. The molecule has 0 aromatic heterocycles. The van der Waals surface area contributed by atoms with Crippen LogP contribution in [0.1, 0.15) is 21.8 Å². The van der Waals surface area contributed by atoms with Gasteiger partial charge in [-0.3, -0.25) is 10.1 Å². The minimum absolute atomic E-state index is 0.376. The highest BCUT2D eigenvalue weighted by Crippen LogP contribution is 2.35. The van der Waals surface area contributed by atoms with Crippen molar-refractivity contribution < 1.29 is 34.5 Å². The molecular formula is C12H15NO8. The van der Waals surface area contributed by atoms with Crippen molar-refractivity contribution in [1.29, 1.82) is 0 Å². The van der Waals surface area contributed by atoms with Crippen molar-refractivity contribution in [2.75, 3.05) is 14.2 Å². The standard InChI is InChI=1S/C12H15NO8/c1-20-11(16)9(12(17)21-2)8-6(10(14)15)4-3-5-7(8)13(18)19/h3-5,9,11-12,16-17H,1-2H3,(H,14,15). The zero-order valence-electron chi connectivity index (χ0n) is 11.3. The summed E-state index contributed by atoms with van der Waals surface area (Å²) >= 11 is 0. The van der Waals surface area contributed by atoms with Gasteiger partial charge < -0.3 is 24.8 Å². The maximum absolute atomic E-state index is 11.3. The van der Waals surface area contributed by atoms with E-state index in [2.05, 4.69) is 9.47 Å². The predicted octanol–water partition coefficient (Wildman–Crippen LogP) is 0.306. The van der Waals surface area contributed by atoms with Gasteiger partial charge in [-0.05, 0) is 6.07 Å². The van der Waals surface area contributed by atoms with Crippen LogP contribution in [0, 0.1) is 10.1 Å². The van der Waals surface area contributed by atoms with Crippen LogP contribution >= 0.6 is 0 Å². The van der Waals surface area contributed by atoms with Crippen molar-refractivity contribution in [1.82, 2.24) is 0 Å². The second-order valence-electron chi connectivity index (χ2n) is 4.08. The summed E-state index contributed by atoms with van der Waals surface area (Å²) in [5, 5.41) is 39.9. The third-order valence-corrected chi connectivity index (χ3v) is 2.94. The van der Waals surface area contributed by atoms with Gasteiger partial charge in [-0.1, -0.05) is 6.07 Å². The first-order valence-electron chi connectivity index (χ1n) is 5.77. The third-order valence-electron chi connectivity index (χ3n) is 2.94. The summed E-state index contributed by atoms with van der Waals surface area (Å²) in [4.78, 5) is 21.5. The van der Waals surface area contributed by atoms with Crippen LogP contribution in [0.25, 0.3) is 0 Å². The van der Waals surface area contributed by atoms with Gasteiger partial charge in [-0.15, -0.1) is 0 Å². The molecular weight excluding hydrogens is 286 g/mol. The van der Waals surface area contributed by atoms with Gasteiger partial charge in [0.15, 0.2) is 12.6 Å². The number of aliphatic hydroxyl groups excluding tert-OH is 2. The number of methoxy groups -OCH3 is 2. The SMILES string of the molecule is COC(O)C(c1c(C(=O)O)cccc1[N+](=O)[O-])C(O)OC. The molecule has 21 heavy (non-hydrogen) atoms. The molecule has 9 heteroatoms. The minimum Gasteiger partial charge on any atom is -0.478 e. The van der Waals surface area contributed by atoms with Gasteiger partial charge in [0, 0.05) is 20.3 Å². The molecule has 0 radical (unpaired) electrons. The number of nitro groups is 1. The molecule has 2 atom stereocenters. The Morgan fingerprint density at radius 2 is 1.76 bits per heavy atom. The van der Waals surface area contributed by atoms with Crippen LogP contribution in [-0.2, 0) is 9.47 Å². The van der Waals surface area contributed by atoms with Gasteiger partial charge in [0.2, 0.25) is 0 Å². The molecule has 0 saturated carbocycles. The molecule has 0 aliphatic heterocycles. The number of nitrogens with zero attached hydrogens (tertiary/aromatic N) is 1. The number of rotatable bonds is 7. The Hall–Kier alpha value is -2.07. The molecule has 0 spiro atoms. The molecule has 0 bridgehead atoms. The van der Waals surface area contributed by atoms with E-state index in [4.69, 9.17) is 5.11 Å². The van der Waals surface area contributed by atoms with Gasteiger partial charge in [0.05, 0.1) is 22.0 Å². The number of benzene rings is 1. The molecule has 1 rings (SSSR count). The van der Waals surface area contributed by atoms with Crippen molar-refractivity contribution >= 4 is 11.7 Å². The molecule has 0 fully saturated rings. The van der Waals surface area contributed by atoms with Crippen LogP contribution in [-0.4, -0.2) is 53.0 Å². The van der Waals surface area contributed by atoms with Gasteiger partial charge in [0.25, 0.3) is 5.69 Å². The zero-order valence-corrected chi connectivity index (χ0v) is 11.3. The zero-order chi connectivity index (χ0) is 16.2. The summed E-state index contributed by atoms with van der Waals surface area (Å²) in [6.45, 7) is 0. The molecule has 9 nitrogen and oxygen atoms in total. The van der Waals surface area contributed by atoms with E-state index in [1.54, 1.807) is 0 Å². The summed E-state index contributed by atoms with van der Waals surface area (Å²) in [6, 6.07) is 3.39. The van der Waals surface area contributed by atoms with E-state index in [9.17, 15) is 25.1 Å². The lowest BCUT2D eigenvalue weighted by molar-refractivity contribution is -0.386. The minimum atomic E-state index is -1.70. The van der Waals surface area contributed by atoms with E-state index in [1.807, 2.05) is 0 Å². The fourth-order valence-corrected chi connectivity index (χ4v) is 1.97. The average molecular weight is 301 g/mol. The maximum atomic E-state index is 11.3. The highest BCUT2D eigenvalue weighted by Gasteiger charge is 2.37. The molecule has 1 aromatic carbocycles. The normalized spacial score (nSPS) is 15.2. The van der Waals surface area contributed by atoms with Gasteiger partial charge in [-0.2, -0.15) is 0 Å². The highest BCUT2D eigenvalue weighted by molar-refractivity contribution is 5.91. The number of hydrogen-bond acceptors (Lipinski definition) is 7. The molecule has 0 amide bonds. The fraction of sp³-hybridized carbons (Fsp3) is 0.417. The number of carbonyl (C=O) groups is 1. The van der Waals surface area contributed by atoms with Crippen LogP contribution in [0.4, 0.5) is 5.69 Å². The summed E-state index contributed by atoms with van der Waals surface area (Å²) in [6.07, 6.45) is -3.39. The number of hydrogen-bond donors (Lipinski definition) is 3. The van der Waals surface area contributed by atoms with Crippen LogP contribution in [0.3, 0.4) is 0 Å². The highest BCUT2D eigenvalue weighted by atomic mass is 16.6. The first kappa shape index (κ1) is 17.0. The molecule has 0 aliphatic rings. The van der Waals surface area contributed by atoms with E-state index >= 15 is 0 Å². The van der Waals surface area contributed by atoms with Crippen molar-refractivity contribution in [3.05, 3.63) is 39.4 Å². The smallest absolute Gasteiger partial charge is 0.336 e. The Morgan fingerprint density at radius 1 is 1.24 bits per heavy atom. The summed E-state index contributed by atoms with van der Waals surface area (Å²) < 4.78 is 9.32. The Kier molecular flexibility index (Phi) is 5.73. The van der Waals surface area contributed by atoms with Crippen molar-refractivity contribution in [2.24, 2.45) is 0 Å². The Bertz CT molecular complexity index is 490. The van der Waals surface area contributed by atoms with Crippen LogP contribution in [0.15, 0.2) is 18.2 Å². The second kappa shape index (κ2) is 7.09. The largest absolute Gasteiger partial charge is 0.478 e. The topological polar surface area (TPSA) is 139 Å². The van der Waals surface area contributed by atoms with Crippen molar-refractivity contribution in [2.45, 2.75) is 18.5 Å². The van der Waals surface area contributed by atoms with Gasteiger partial charge >= 0.3 is 5.97 Å². The van der Waals surface area contributed by atoms with Gasteiger partial charge in [-0.25, -0.2) is 4.79 Å². The monoisotopic (exact) mass is 301 g/mol. The first-order valence-corrected chi connectivity index (χ1v) is 5.77. The molecule has 116 valence electrons. The summed E-state index contributed by atoms with van der Waals surface area (Å²) in [5.41, 5.74) is -1.37. The lowest BCUT2D eigenvalue weighted by atomic mass is 9.91. The van der Waals surface area contributed by atoms with Crippen molar-refractivity contribution in [3.63, 3.8) is 0 Å². The first-order chi connectivity index (χ1) is 9.84. The quantitative estimate of drug-likeness (QED) is 0.371. The number of ether oxygens (including phenoxy) is 2. The Balaban J connectivity index is 3.60. The van der Waals surface area contributed by atoms with E-state index in [-0.39, 0.29) is 5.56 Å². The van der Waals surface area contributed by atoms with Crippen molar-refractivity contribution in [3.8, 4) is 0 Å². The second-order valence-corrected chi connectivity index (χ2v) is 4.08. The lowest BCUT2D eigenvalue weighted by Gasteiger charge is -2.26. The molecule has 0 heterocycles. The number of carboxylic acid groups (broad SMARTS) is 1. The Labute approximate surface area is 119 Å². The molecule has 2 unspecified atom stereocenters. The number of aliphatic hydroxyl groups is 2. The molecule has 0 saturated heterocycles. The van der Waals surface area contributed by atoms with E-state index in [0.717, 1.165) is 26.4 Å². The van der Waals surface area contributed by atoms with E-state index < -0.39 is 40.6 Å². The molecule has 0 aliphatic carbocycles. The fourth-order valence-electron chi connectivity index (χ4n) is 1.97. The number of carboxylic acids is 1. The number of nitro benzene ring substituents is 1.